The molecule has 0 spiro atoms. The van der Waals surface area contributed by atoms with Crippen LogP contribution in [0.3, 0.4) is 0 Å². The lowest BCUT2D eigenvalue weighted by Gasteiger charge is -2.08. The van der Waals surface area contributed by atoms with Crippen LogP contribution in [-0.2, 0) is 0 Å². The molecule has 0 aliphatic rings. The summed E-state index contributed by atoms with van der Waals surface area (Å²) in [5, 5.41) is -0.404. The number of aromatic nitrogens is 2. The lowest BCUT2D eigenvalue weighted by atomic mass is 10.1. The lowest BCUT2D eigenvalue weighted by molar-refractivity contribution is 1.16. The molecule has 0 saturated carbocycles. The Kier molecular flexibility index (Phi) is 3.35. The zero-order valence-corrected chi connectivity index (χ0v) is 12.4. The third kappa shape index (κ3) is 2.41. The number of aromatic amines is 2. The number of rotatable bonds is 2. The molecule has 1 unspecified atom stereocenters. The fraction of sp³-hybridized carbons (Fsp3) is 0.0833. The number of fused-ring (bicyclic) bond motifs is 1. The summed E-state index contributed by atoms with van der Waals surface area (Å²) in [7, 11) is 0. The van der Waals surface area contributed by atoms with Crippen molar-refractivity contribution < 1.29 is 0 Å². The molecule has 3 nitrogen and oxygen atoms in total. The van der Waals surface area contributed by atoms with E-state index in [1.807, 2.05) is 12.1 Å². The molecule has 0 aliphatic heterocycles. The lowest BCUT2D eigenvalue weighted by Crippen LogP contribution is -1.99. The Morgan fingerprint density at radius 3 is 2.53 bits per heavy atom. The van der Waals surface area contributed by atoms with Crippen LogP contribution in [0.4, 0.5) is 0 Å². The molecule has 3 rings (SSSR count). The maximum absolute atomic E-state index is 11.2. The highest BCUT2D eigenvalue weighted by Crippen LogP contribution is 2.40. The molecule has 1 aromatic carbocycles. The molecule has 2 N–H and O–H groups in total. The van der Waals surface area contributed by atoms with Crippen molar-refractivity contribution in [1.29, 1.82) is 0 Å². The zero-order chi connectivity index (χ0) is 13.6. The second kappa shape index (κ2) is 4.87. The molecule has 19 heavy (non-hydrogen) atoms. The molecular weight excluding hydrogens is 327 g/mol. The highest BCUT2D eigenvalue weighted by Gasteiger charge is 2.17. The monoisotopic (exact) mass is 332 g/mol. The van der Waals surface area contributed by atoms with Crippen LogP contribution in [0.25, 0.3) is 11.0 Å². The summed E-state index contributed by atoms with van der Waals surface area (Å²) in [6, 6.07) is 7.24. The average molecular weight is 334 g/mol. The van der Waals surface area contributed by atoms with Gasteiger partial charge in [-0.25, -0.2) is 4.79 Å². The van der Waals surface area contributed by atoms with Crippen LogP contribution < -0.4 is 5.69 Å². The van der Waals surface area contributed by atoms with Crippen molar-refractivity contribution in [3.63, 3.8) is 0 Å². The Morgan fingerprint density at radius 1 is 1.11 bits per heavy atom. The Morgan fingerprint density at radius 2 is 1.84 bits per heavy atom. The maximum atomic E-state index is 11.2. The van der Waals surface area contributed by atoms with Gasteiger partial charge in [0.2, 0.25) is 0 Å². The molecule has 2 heterocycles. The normalized spacial score (nSPS) is 13.0. The number of nitrogens with one attached hydrogen (secondary N) is 2. The quantitative estimate of drug-likeness (QED) is 0.664. The van der Waals surface area contributed by atoms with Gasteiger partial charge in [-0.05, 0) is 23.8 Å². The minimum Gasteiger partial charge on any atom is -0.306 e. The van der Waals surface area contributed by atoms with Gasteiger partial charge in [-0.3, -0.25) is 0 Å². The Bertz CT molecular complexity index is 805. The highest BCUT2D eigenvalue weighted by molar-refractivity contribution is 7.20. The first-order valence-corrected chi connectivity index (χ1v) is 7.36. The molecule has 0 radical (unpaired) electrons. The van der Waals surface area contributed by atoms with E-state index in [1.54, 1.807) is 12.1 Å². The summed E-state index contributed by atoms with van der Waals surface area (Å²) in [6.07, 6.45) is 0. The number of imidazole rings is 1. The fourth-order valence-corrected chi connectivity index (χ4v) is 3.87. The number of thiophene rings is 1. The number of alkyl halides is 1. The van der Waals surface area contributed by atoms with Crippen LogP contribution in [0.2, 0.25) is 8.67 Å². The van der Waals surface area contributed by atoms with E-state index in [-0.39, 0.29) is 5.69 Å². The molecule has 1 atom stereocenters. The van der Waals surface area contributed by atoms with Crippen molar-refractivity contribution in [1.82, 2.24) is 9.97 Å². The van der Waals surface area contributed by atoms with Gasteiger partial charge in [0.15, 0.2) is 0 Å². The van der Waals surface area contributed by atoms with E-state index in [1.165, 1.54) is 11.3 Å². The standard InChI is InChI=1S/C12H7Cl3N2OS/c13-9-4-6(11(15)19-9)10(14)5-1-2-7-8(3-5)17-12(18)16-7/h1-4,10H,(H2,16,17,18). The van der Waals surface area contributed by atoms with E-state index in [4.69, 9.17) is 34.8 Å². The van der Waals surface area contributed by atoms with Crippen LogP contribution in [0.15, 0.2) is 29.1 Å². The second-order valence-electron chi connectivity index (χ2n) is 4.03. The smallest absolute Gasteiger partial charge is 0.306 e. The molecule has 7 heteroatoms. The number of benzene rings is 1. The molecule has 0 aliphatic carbocycles. The molecule has 0 amide bonds. The largest absolute Gasteiger partial charge is 0.323 e. The maximum Gasteiger partial charge on any atom is 0.323 e. The predicted octanol–water partition coefficient (Wildman–Crippen LogP) is 4.55. The van der Waals surface area contributed by atoms with Crippen molar-refractivity contribution in [2.24, 2.45) is 0 Å². The van der Waals surface area contributed by atoms with Crippen LogP contribution >= 0.6 is 46.1 Å². The first-order chi connectivity index (χ1) is 9.04. The van der Waals surface area contributed by atoms with E-state index in [2.05, 4.69) is 9.97 Å². The summed E-state index contributed by atoms with van der Waals surface area (Å²) in [6.45, 7) is 0. The van der Waals surface area contributed by atoms with Gasteiger partial charge in [0.1, 0.15) is 0 Å². The highest BCUT2D eigenvalue weighted by atomic mass is 35.5. The van der Waals surface area contributed by atoms with Crippen molar-refractivity contribution in [2.45, 2.75) is 5.38 Å². The first-order valence-electron chi connectivity index (χ1n) is 5.35. The molecule has 98 valence electrons. The Balaban J connectivity index is 2.08. The summed E-state index contributed by atoms with van der Waals surface area (Å²) >= 11 is 19.7. The molecular formula is C12H7Cl3N2OS. The van der Waals surface area contributed by atoms with Gasteiger partial charge in [0, 0.05) is 5.56 Å². The van der Waals surface area contributed by atoms with E-state index in [0.717, 1.165) is 16.6 Å². The third-order valence-corrected chi connectivity index (χ3v) is 4.79. The average Bonchev–Trinajstić information content (AvgIpc) is 2.88. The number of hydrogen-bond donors (Lipinski definition) is 2. The van der Waals surface area contributed by atoms with E-state index in [9.17, 15) is 4.79 Å². The van der Waals surface area contributed by atoms with E-state index < -0.39 is 5.38 Å². The van der Waals surface area contributed by atoms with Gasteiger partial charge < -0.3 is 9.97 Å². The second-order valence-corrected chi connectivity index (χ2v) is 6.75. The summed E-state index contributed by atoms with van der Waals surface area (Å²) in [5.74, 6) is 0. The van der Waals surface area contributed by atoms with Gasteiger partial charge in [-0.2, -0.15) is 0 Å². The predicted molar refractivity (Wildman–Crippen MR) is 81.0 cm³/mol. The van der Waals surface area contributed by atoms with Gasteiger partial charge >= 0.3 is 5.69 Å². The van der Waals surface area contributed by atoms with Crippen molar-refractivity contribution in [2.75, 3.05) is 0 Å². The van der Waals surface area contributed by atoms with Crippen LogP contribution in [0.1, 0.15) is 16.5 Å². The van der Waals surface area contributed by atoms with Crippen LogP contribution in [0.5, 0.6) is 0 Å². The van der Waals surface area contributed by atoms with Gasteiger partial charge in [-0.15, -0.1) is 22.9 Å². The first kappa shape index (κ1) is 13.1. The Hall–Kier alpha value is -0.940. The molecule has 0 bridgehead atoms. The summed E-state index contributed by atoms with van der Waals surface area (Å²) < 4.78 is 1.18. The minimum atomic E-state index is -0.404. The molecule has 3 aromatic rings. The van der Waals surface area contributed by atoms with E-state index in [0.29, 0.717) is 14.2 Å². The summed E-state index contributed by atoms with van der Waals surface area (Å²) in [5.41, 5.74) is 2.84. The molecule has 2 aromatic heterocycles. The SMILES string of the molecule is O=c1[nH]c2ccc(C(Cl)c3cc(Cl)sc3Cl)cc2[nH]1. The minimum absolute atomic E-state index is 0.241. The topological polar surface area (TPSA) is 48.6 Å². The fourth-order valence-electron chi connectivity index (χ4n) is 1.91. The van der Waals surface area contributed by atoms with E-state index >= 15 is 0 Å². The number of halogens is 3. The Labute approximate surface area is 127 Å². The van der Waals surface area contributed by atoms with Crippen molar-refractivity contribution in [3.05, 3.63) is 54.5 Å². The summed E-state index contributed by atoms with van der Waals surface area (Å²) in [4.78, 5) is 16.6. The zero-order valence-electron chi connectivity index (χ0n) is 9.34. The van der Waals surface area contributed by atoms with Crippen molar-refractivity contribution >= 4 is 57.2 Å². The van der Waals surface area contributed by atoms with Gasteiger partial charge in [0.25, 0.3) is 0 Å². The van der Waals surface area contributed by atoms with Gasteiger partial charge in [0.05, 0.1) is 25.1 Å². The van der Waals surface area contributed by atoms with Crippen LogP contribution in [-0.4, -0.2) is 9.97 Å². The number of H-pyrrole nitrogens is 2. The van der Waals surface area contributed by atoms with Crippen molar-refractivity contribution in [3.8, 4) is 0 Å². The molecule has 0 fully saturated rings. The number of hydrogen-bond acceptors (Lipinski definition) is 2. The third-order valence-electron chi connectivity index (χ3n) is 2.79. The molecule has 0 saturated heterocycles. The van der Waals surface area contributed by atoms with Gasteiger partial charge in [-0.1, -0.05) is 29.3 Å². The van der Waals surface area contributed by atoms with Crippen LogP contribution in [0, 0.1) is 0 Å².